The normalized spacial score (nSPS) is 11.4. The van der Waals surface area contributed by atoms with Crippen molar-refractivity contribution in [2.75, 3.05) is 33.1 Å². The van der Waals surface area contributed by atoms with Gasteiger partial charge in [0.1, 0.15) is 22.6 Å². The van der Waals surface area contributed by atoms with E-state index in [2.05, 4.69) is 20.4 Å². The Morgan fingerprint density at radius 1 is 1.12 bits per heavy atom. The first-order valence-corrected chi connectivity index (χ1v) is 10.1. The first-order chi connectivity index (χ1) is 15.6. The number of carbonyl (C=O) groups excluding carboxylic acids is 1. The Labute approximate surface area is 184 Å². The van der Waals surface area contributed by atoms with Gasteiger partial charge >= 0.3 is 0 Å². The van der Waals surface area contributed by atoms with Gasteiger partial charge in [-0.2, -0.15) is 9.78 Å². The lowest BCUT2D eigenvalue weighted by molar-refractivity contribution is 0.0951. The molecule has 9 nitrogen and oxygen atoms in total. The number of nitrogens with two attached hydrogens (primary N) is 1. The van der Waals surface area contributed by atoms with Crippen LogP contribution in [-0.2, 0) is 4.74 Å². The number of nitrogen functional groups attached to an aromatic ring is 1. The third kappa shape index (κ3) is 4.10. The summed E-state index contributed by atoms with van der Waals surface area (Å²) in [6.45, 7) is 0.995. The molecule has 32 heavy (non-hydrogen) atoms. The summed E-state index contributed by atoms with van der Waals surface area (Å²) in [5.41, 5.74) is 9.53. The van der Waals surface area contributed by atoms with E-state index in [1.165, 1.54) is 4.68 Å². The summed E-state index contributed by atoms with van der Waals surface area (Å²) in [5.74, 6) is 0.490. The van der Waals surface area contributed by atoms with Gasteiger partial charge in [0.15, 0.2) is 5.65 Å². The highest BCUT2D eigenvalue weighted by Gasteiger charge is 2.23. The van der Waals surface area contributed by atoms with Gasteiger partial charge in [-0.15, -0.1) is 0 Å². The average Bonchev–Trinajstić information content (AvgIpc) is 3.09. The molecule has 3 N–H and O–H groups in total. The van der Waals surface area contributed by atoms with Gasteiger partial charge in [0.2, 0.25) is 0 Å². The number of nitrogens with one attached hydrogen (secondary N) is 1. The first-order valence-electron chi connectivity index (χ1n) is 10.1. The van der Waals surface area contributed by atoms with E-state index in [1.807, 2.05) is 48.5 Å². The molecule has 2 heterocycles. The standard InChI is InChI=1S/C23H24N6O3/c1-31-13-7-12-25-23(30)19-20-22(28-17-10-5-4-9-16(17)27-20)29(21(19)24)26-14-15-8-3-6-11-18(15)32-2/h3-6,8-11,14H,7,12-13,24H2,1-2H3,(H,25,30)/b26-14+. The van der Waals surface area contributed by atoms with Crippen LogP contribution in [0.3, 0.4) is 0 Å². The first kappa shape index (κ1) is 21.3. The fourth-order valence-corrected chi connectivity index (χ4v) is 3.39. The molecule has 0 saturated heterocycles. The van der Waals surface area contributed by atoms with Crippen molar-refractivity contribution >= 4 is 40.1 Å². The van der Waals surface area contributed by atoms with E-state index in [4.69, 9.17) is 15.2 Å². The van der Waals surface area contributed by atoms with E-state index in [9.17, 15) is 4.79 Å². The van der Waals surface area contributed by atoms with Crippen molar-refractivity contribution in [2.45, 2.75) is 6.42 Å². The van der Waals surface area contributed by atoms with Crippen LogP contribution in [0.25, 0.3) is 22.2 Å². The third-order valence-electron chi connectivity index (χ3n) is 4.96. The Morgan fingerprint density at radius 3 is 2.59 bits per heavy atom. The lowest BCUT2D eigenvalue weighted by atomic mass is 10.2. The zero-order chi connectivity index (χ0) is 22.5. The molecule has 0 bridgehead atoms. The molecule has 2 aromatic heterocycles. The molecule has 0 spiro atoms. The number of nitrogens with zero attached hydrogens (tertiary/aromatic N) is 4. The van der Waals surface area contributed by atoms with Gasteiger partial charge in [-0.3, -0.25) is 4.79 Å². The number of para-hydroxylation sites is 3. The van der Waals surface area contributed by atoms with Crippen LogP contribution in [0.1, 0.15) is 22.3 Å². The molecular weight excluding hydrogens is 408 g/mol. The zero-order valence-corrected chi connectivity index (χ0v) is 17.9. The summed E-state index contributed by atoms with van der Waals surface area (Å²) < 4.78 is 11.9. The third-order valence-corrected chi connectivity index (χ3v) is 4.96. The zero-order valence-electron chi connectivity index (χ0n) is 17.9. The Hall–Kier alpha value is -3.98. The maximum atomic E-state index is 13.0. The van der Waals surface area contributed by atoms with Gasteiger partial charge in [-0.1, -0.05) is 24.3 Å². The summed E-state index contributed by atoms with van der Waals surface area (Å²) in [6, 6.07) is 14.9. The van der Waals surface area contributed by atoms with Gasteiger partial charge in [-0.05, 0) is 30.7 Å². The second-order valence-corrected chi connectivity index (χ2v) is 7.05. The molecule has 4 aromatic rings. The van der Waals surface area contributed by atoms with E-state index in [0.29, 0.717) is 47.5 Å². The molecule has 0 aliphatic rings. The number of fused-ring (bicyclic) bond motifs is 2. The fraction of sp³-hybridized carbons (Fsp3) is 0.217. The molecule has 164 valence electrons. The molecule has 4 rings (SSSR count). The van der Waals surface area contributed by atoms with E-state index in [-0.39, 0.29) is 17.3 Å². The highest BCUT2D eigenvalue weighted by atomic mass is 16.5. The number of aromatic nitrogens is 3. The van der Waals surface area contributed by atoms with Gasteiger partial charge in [0.05, 0.1) is 24.4 Å². The summed E-state index contributed by atoms with van der Waals surface area (Å²) in [4.78, 5) is 22.3. The van der Waals surface area contributed by atoms with Crippen molar-refractivity contribution in [2.24, 2.45) is 5.10 Å². The predicted octanol–water partition coefficient (Wildman–Crippen LogP) is 2.82. The minimum atomic E-state index is -0.334. The Kier molecular flexibility index (Phi) is 6.27. The van der Waals surface area contributed by atoms with Crippen molar-refractivity contribution in [3.8, 4) is 5.75 Å². The minimum absolute atomic E-state index is 0.158. The summed E-state index contributed by atoms with van der Waals surface area (Å²) in [6.07, 6.45) is 2.30. The lowest BCUT2D eigenvalue weighted by Crippen LogP contribution is -2.26. The maximum Gasteiger partial charge on any atom is 0.257 e. The molecule has 0 radical (unpaired) electrons. The molecule has 0 fully saturated rings. The number of amides is 1. The maximum absolute atomic E-state index is 13.0. The molecule has 0 aliphatic carbocycles. The quantitative estimate of drug-likeness (QED) is 0.327. The number of benzene rings is 2. The van der Waals surface area contributed by atoms with Crippen LogP contribution in [0.2, 0.25) is 0 Å². The molecule has 0 saturated carbocycles. The molecular formula is C23H24N6O3. The van der Waals surface area contributed by atoms with Crippen LogP contribution in [0, 0.1) is 0 Å². The van der Waals surface area contributed by atoms with Crippen LogP contribution in [0.5, 0.6) is 5.75 Å². The van der Waals surface area contributed by atoms with E-state index >= 15 is 0 Å². The number of carbonyl (C=O) groups is 1. The molecule has 0 aliphatic heterocycles. The second-order valence-electron chi connectivity index (χ2n) is 7.05. The summed E-state index contributed by atoms with van der Waals surface area (Å²) in [5, 5.41) is 7.38. The summed E-state index contributed by atoms with van der Waals surface area (Å²) >= 11 is 0. The Morgan fingerprint density at radius 2 is 1.84 bits per heavy atom. The van der Waals surface area contributed by atoms with Gasteiger partial charge < -0.3 is 20.5 Å². The highest BCUT2D eigenvalue weighted by molar-refractivity contribution is 6.10. The van der Waals surface area contributed by atoms with Crippen LogP contribution in [-0.4, -0.2) is 54.1 Å². The topological polar surface area (TPSA) is 117 Å². The highest BCUT2D eigenvalue weighted by Crippen LogP contribution is 2.28. The number of hydrogen-bond donors (Lipinski definition) is 2. The van der Waals surface area contributed by atoms with Crippen LogP contribution in [0.4, 0.5) is 5.82 Å². The van der Waals surface area contributed by atoms with Crippen molar-refractivity contribution in [1.29, 1.82) is 0 Å². The molecule has 0 atom stereocenters. The minimum Gasteiger partial charge on any atom is -0.496 e. The molecule has 2 aromatic carbocycles. The number of anilines is 1. The van der Waals surface area contributed by atoms with Gasteiger partial charge in [0, 0.05) is 25.8 Å². The number of methoxy groups -OCH3 is 2. The fourth-order valence-electron chi connectivity index (χ4n) is 3.39. The van der Waals surface area contributed by atoms with Crippen LogP contribution in [0.15, 0.2) is 53.6 Å². The average molecular weight is 432 g/mol. The van der Waals surface area contributed by atoms with Gasteiger partial charge in [0.25, 0.3) is 5.91 Å². The second kappa shape index (κ2) is 9.44. The predicted molar refractivity (Wildman–Crippen MR) is 124 cm³/mol. The monoisotopic (exact) mass is 432 g/mol. The lowest BCUT2D eigenvalue weighted by Gasteiger charge is -2.05. The van der Waals surface area contributed by atoms with Crippen molar-refractivity contribution in [3.05, 3.63) is 59.7 Å². The van der Waals surface area contributed by atoms with E-state index in [0.717, 1.165) is 5.56 Å². The SMILES string of the molecule is COCCCNC(=O)c1c(N)n(/N=C/c2ccccc2OC)c2nc3ccccc3nc12. The van der Waals surface area contributed by atoms with Crippen molar-refractivity contribution in [3.63, 3.8) is 0 Å². The smallest absolute Gasteiger partial charge is 0.257 e. The van der Waals surface area contributed by atoms with Gasteiger partial charge in [-0.25, -0.2) is 9.97 Å². The number of ether oxygens (including phenoxy) is 2. The molecule has 0 unspecified atom stereocenters. The van der Waals surface area contributed by atoms with Crippen LogP contribution >= 0.6 is 0 Å². The summed E-state index contributed by atoms with van der Waals surface area (Å²) in [7, 11) is 3.21. The van der Waals surface area contributed by atoms with Crippen molar-refractivity contribution < 1.29 is 14.3 Å². The van der Waals surface area contributed by atoms with Crippen molar-refractivity contribution in [1.82, 2.24) is 20.0 Å². The van der Waals surface area contributed by atoms with E-state index < -0.39 is 0 Å². The Bertz CT molecular complexity index is 1300. The van der Waals surface area contributed by atoms with E-state index in [1.54, 1.807) is 20.4 Å². The largest absolute Gasteiger partial charge is 0.496 e. The molecule has 1 amide bonds. The molecule has 9 heteroatoms. The van der Waals surface area contributed by atoms with Crippen LogP contribution < -0.4 is 15.8 Å². The number of rotatable bonds is 8. The Balaban J connectivity index is 1.82. The number of hydrogen-bond acceptors (Lipinski definition) is 7.